The molecule has 3 heterocycles. The quantitative estimate of drug-likeness (QED) is 0.164. The van der Waals surface area contributed by atoms with Crippen LogP contribution in [-0.4, -0.2) is 14.1 Å². The third-order valence-electron chi connectivity index (χ3n) is 11.6. The van der Waals surface area contributed by atoms with Gasteiger partial charge in [-0.25, -0.2) is 0 Å². The Labute approximate surface area is 365 Å². The van der Waals surface area contributed by atoms with Crippen molar-refractivity contribution in [3.05, 3.63) is 185 Å². The van der Waals surface area contributed by atoms with E-state index < -0.39 is 0 Å². The topological polar surface area (TPSA) is 189 Å². The number of nitrogens with zero attached hydrogens (tertiary/aromatic N) is 10. The Kier molecular flexibility index (Phi) is 8.94. The first-order valence-electron chi connectivity index (χ1n) is 19.8. The number of benzene rings is 7. The predicted octanol–water partition coefficient (Wildman–Crippen LogP) is 11.4. The monoisotopic (exact) mass is 812 g/mol. The van der Waals surface area contributed by atoms with E-state index in [1.54, 1.807) is 12.3 Å². The molecule has 10 rings (SSSR count). The standard InChI is InChI=1S/C54H24N10/c55-24-32-9-12-43(52(21-32)64-48-8-4-2-6-42(48)45-23-36(11-14-50(45)64)54-39(29-60)19-34(26-57)20-40(54)30-61)46-31-62-16-15-51(46)63-47-7-3-1-5-41(47)44-22-35(10-13-49(44)63)53-37(27-58)17-33(25-56)18-38(53)28-59/h1-23,31H. The van der Waals surface area contributed by atoms with E-state index in [2.05, 4.69) is 44.5 Å². The van der Waals surface area contributed by atoms with Crippen molar-refractivity contribution < 1.29 is 0 Å². The summed E-state index contributed by atoms with van der Waals surface area (Å²) in [6.45, 7) is 0. The van der Waals surface area contributed by atoms with Crippen LogP contribution in [0.15, 0.2) is 146 Å². The van der Waals surface area contributed by atoms with Crippen LogP contribution in [0.1, 0.15) is 38.9 Å². The average molecular weight is 813 g/mol. The summed E-state index contributed by atoms with van der Waals surface area (Å²) in [6, 6.07) is 56.2. The van der Waals surface area contributed by atoms with Crippen molar-refractivity contribution >= 4 is 43.6 Å². The van der Waals surface area contributed by atoms with Gasteiger partial charge in [-0.1, -0.05) is 54.6 Å². The van der Waals surface area contributed by atoms with Crippen LogP contribution in [0.5, 0.6) is 0 Å². The second kappa shape index (κ2) is 15.1. The van der Waals surface area contributed by atoms with Gasteiger partial charge in [0, 0.05) is 56.2 Å². The molecule has 0 aliphatic carbocycles. The molecule has 3 aromatic heterocycles. The molecule has 0 saturated heterocycles. The Hall–Kier alpha value is -10.3. The maximum atomic E-state index is 10.3. The zero-order valence-electron chi connectivity index (χ0n) is 33.3. The minimum Gasteiger partial charge on any atom is -0.309 e. The zero-order chi connectivity index (χ0) is 44.1. The molecule has 64 heavy (non-hydrogen) atoms. The first-order chi connectivity index (χ1) is 31.4. The van der Waals surface area contributed by atoms with Crippen molar-refractivity contribution in [2.75, 3.05) is 0 Å². The molecule has 10 nitrogen and oxygen atoms in total. The molecule has 0 bridgehead atoms. The van der Waals surface area contributed by atoms with E-state index in [1.165, 1.54) is 24.3 Å². The maximum Gasteiger partial charge on any atom is 0.0999 e. The number of fused-ring (bicyclic) bond motifs is 6. The van der Waals surface area contributed by atoms with Crippen molar-refractivity contribution in [3.8, 4) is 87.2 Å². The smallest absolute Gasteiger partial charge is 0.0999 e. The molecule has 0 unspecified atom stereocenters. The number of pyridine rings is 1. The van der Waals surface area contributed by atoms with Crippen LogP contribution in [0.25, 0.3) is 88.4 Å². The van der Waals surface area contributed by atoms with Gasteiger partial charge >= 0.3 is 0 Å². The molecule has 0 aliphatic rings. The van der Waals surface area contributed by atoms with Gasteiger partial charge in [0.25, 0.3) is 0 Å². The second-order valence-electron chi connectivity index (χ2n) is 15.0. The van der Waals surface area contributed by atoms with E-state index in [1.807, 2.05) is 121 Å². The van der Waals surface area contributed by atoms with Gasteiger partial charge in [0.05, 0.1) is 115 Å². The summed E-state index contributed by atoms with van der Waals surface area (Å²) in [6.07, 6.45) is 3.55. The van der Waals surface area contributed by atoms with Crippen LogP contribution in [0.2, 0.25) is 0 Å². The Bertz CT molecular complexity index is 3930. The molecule has 0 spiro atoms. The number of hydrogen-bond donors (Lipinski definition) is 0. The largest absolute Gasteiger partial charge is 0.309 e. The van der Waals surface area contributed by atoms with Crippen molar-refractivity contribution in [2.45, 2.75) is 0 Å². The Balaban J connectivity index is 1.21. The number of hydrogen-bond acceptors (Lipinski definition) is 8. The highest BCUT2D eigenvalue weighted by atomic mass is 15.0. The fraction of sp³-hybridized carbons (Fsp3) is 0. The highest BCUT2D eigenvalue weighted by Crippen LogP contribution is 2.43. The molecule has 0 N–H and O–H groups in total. The van der Waals surface area contributed by atoms with Crippen LogP contribution >= 0.6 is 0 Å². The summed E-state index contributed by atoms with van der Waals surface area (Å²) in [5, 5.41) is 73.5. The zero-order valence-corrected chi connectivity index (χ0v) is 33.3. The van der Waals surface area contributed by atoms with Gasteiger partial charge in [-0.15, -0.1) is 0 Å². The molecule has 0 atom stereocenters. The Morgan fingerprint density at radius 2 is 0.812 bits per heavy atom. The third kappa shape index (κ3) is 5.78. The SMILES string of the molecule is N#Cc1cc(C#N)c(-c2ccc3c(c2)c2ccccc2n3-c2ccncc2-c2ccc(C#N)cc2-n2c3ccccc3c3cc(-c4c(C#N)cc(C#N)cc4C#N)ccc32)c(C#N)c1. The summed E-state index contributed by atoms with van der Waals surface area (Å²) in [4.78, 5) is 4.63. The maximum absolute atomic E-state index is 10.3. The Morgan fingerprint density at radius 1 is 0.359 bits per heavy atom. The molecular formula is C54H24N10. The van der Waals surface area contributed by atoms with Crippen LogP contribution < -0.4 is 0 Å². The highest BCUT2D eigenvalue weighted by Gasteiger charge is 2.23. The van der Waals surface area contributed by atoms with Crippen LogP contribution in [0, 0.1) is 79.3 Å². The number of aromatic nitrogens is 3. The Morgan fingerprint density at radius 3 is 1.28 bits per heavy atom. The van der Waals surface area contributed by atoms with Gasteiger partial charge in [0.1, 0.15) is 0 Å². The van der Waals surface area contributed by atoms with Gasteiger partial charge in [0.2, 0.25) is 0 Å². The lowest BCUT2D eigenvalue weighted by Gasteiger charge is -2.18. The minimum atomic E-state index is 0.223. The van der Waals surface area contributed by atoms with Crippen molar-refractivity contribution in [1.82, 2.24) is 14.1 Å². The average Bonchev–Trinajstić information content (AvgIpc) is 3.87. The first kappa shape index (κ1) is 38.0. The van der Waals surface area contributed by atoms with Gasteiger partial charge in [-0.2, -0.15) is 36.8 Å². The third-order valence-corrected chi connectivity index (χ3v) is 11.6. The molecule has 0 saturated carbocycles. The van der Waals surface area contributed by atoms with E-state index in [0.717, 1.165) is 66.1 Å². The molecule has 0 fully saturated rings. The van der Waals surface area contributed by atoms with E-state index in [-0.39, 0.29) is 33.4 Å². The fourth-order valence-electron chi connectivity index (χ4n) is 8.97. The second-order valence-corrected chi connectivity index (χ2v) is 15.0. The van der Waals surface area contributed by atoms with Gasteiger partial charge in [-0.3, -0.25) is 4.98 Å². The van der Waals surface area contributed by atoms with E-state index in [4.69, 9.17) is 0 Å². The fourth-order valence-corrected chi connectivity index (χ4v) is 8.97. The van der Waals surface area contributed by atoms with E-state index >= 15 is 0 Å². The van der Waals surface area contributed by atoms with Gasteiger partial charge < -0.3 is 9.13 Å². The van der Waals surface area contributed by atoms with Crippen LogP contribution in [0.4, 0.5) is 0 Å². The van der Waals surface area contributed by atoms with Crippen LogP contribution in [0.3, 0.4) is 0 Å². The highest BCUT2D eigenvalue weighted by molar-refractivity contribution is 6.13. The van der Waals surface area contributed by atoms with Crippen LogP contribution in [-0.2, 0) is 0 Å². The lowest BCUT2D eigenvalue weighted by atomic mass is 9.92. The molecule has 0 radical (unpaired) electrons. The number of para-hydroxylation sites is 2. The summed E-state index contributed by atoms with van der Waals surface area (Å²) in [5.74, 6) is 0. The molecule has 7 aromatic carbocycles. The predicted molar refractivity (Wildman–Crippen MR) is 242 cm³/mol. The van der Waals surface area contributed by atoms with Crippen molar-refractivity contribution in [3.63, 3.8) is 0 Å². The summed E-state index contributed by atoms with van der Waals surface area (Å²) < 4.78 is 4.28. The summed E-state index contributed by atoms with van der Waals surface area (Å²) in [7, 11) is 0. The molecule has 0 aliphatic heterocycles. The first-order valence-corrected chi connectivity index (χ1v) is 19.8. The minimum absolute atomic E-state index is 0.223. The van der Waals surface area contributed by atoms with Gasteiger partial charge in [-0.05, 0) is 90.0 Å². The molecule has 290 valence electrons. The van der Waals surface area contributed by atoms with Crippen molar-refractivity contribution in [1.29, 1.82) is 36.8 Å². The normalized spacial score (nSPS) is 10.7. The lowest BCUT2D eigenvalue weighted by molar-refractivity contribution is 1.14. The molecular weight excluding hydrogens is 789 g/mol. The lowest BCUT2D eigenvalue weighted by Crippen LogP contribution is -2.02. The van der Waals surface area contributed by atoms with E-state index in [9.17, 15) is 36.8 Å². The molecule has 0 amide bonds. The molecule has 10 aromatic rings. The van der Waals surface area contributed by atoms with Gasteiger partial charge in [0.15, 0.2) is 0 Å². The summed E-state index contributed by atoms with van der Waals surface area (Å²) >= 11 is 0. The molecule has 10 heteroatoms. The van der Waals surface area contributed by atoms with Crippen molar-refractivity contribution in [2.24, 2.45) is 0 Å². The number of rotatable bonds is 5. The number of nitriles is 7. The summed E-state index contributed by atoms with van der Waals surface area (Å²) in [5.41, 5.74) is 10.6. The van der Waals surface area contributed by atoms with E-state index in [0.29, 0.717) is 27.8 Å².